The minimum atomic E-state index is -0.527. The van der Waals surface area contributed by atoms with Crippen LogP contribution in [0.3, 0.4) is 0 Å². The SMILES string of the molecule is COCC(NC(=O)C(N)Cc1ccccc1)C(C)C. The van der Waals surface area contributed by atoms with Crippen LogP contribution < -0.4 is 11.1 Å². The number of rotatable bonds is 7. The Hall–Kier alpha value is -1.39. The molecule has 3 N–H and O–H groups in total. The third-order valence-electron chi connectivity index (χ3n) is 3.11. The van der Waals surface area contributed by atoms with Crippen LogP contribution in [0.15, 0.2) is 30.3 Å². The number of methoxy groups -OCH3 is 1. The highest BCUT2D eigenvalue weighted by Crippen LogP contribution is 2.05. The molecular formula is C15H24N2O2. The summed E-state index contributed by atoms with van der Waals surface area (Å²) in [5, 5.41) is 2.95. The molecule has 1 rings (SSSR count). The van der Waals surface area contributed by atoms with Crippen LogP contribution in [0.2, 0.25) is 0 Å². The van der Waals surface area contributed by atoms with E-state index in [-0.39, 0.29) is 11.9 Å². The van der Waals surface area contributed by atoms with Gasteiger partial charge in [-0.1, -0.05) is 44.2 Å². The lowest BCUT2D eigenvalue weighted by Gasteiger charge is -2.23. The summed E-state index contributed by atoms with van der Waals surface area (Å²) in [5.74, 6) is 0.187. The van der Waals surface area contributed by atoms with Gasteiger partial charge in [0.05, 0.1) is 18.7 Å². The van der Waals surface area contributed by atoms with Crippen LogP contribution in [-0.2, 0) is 16.0 Å². The molecule has 1 aromatic rings. The van der Waals surface area contributed by atoms with Gasteiger partial charge in [-0.2, -0.15) is 0 Å². The van der Waals surface area contributed by atoms with Crippen LogP contribution in [-0.4, -0.2) is 31.7 Å². The molecule has 0 aromatic heterocycles. The zero-order chi connectivity index (χ0) is 14.3. The van der Waals surface area contributed by atoms with E-state index >= 15 is 0 Å². The summed E-state index contributed by atoms with van der Waals surface area (Å²) in [7, 11) is 1.63. The van der Waals surface area contributed by atoms with Crippen LogP contribution in [0.4, 0.5) is 0 Å². The number of ether oxygens (including phenoxy) is 1. The van der Waals surface area contributed by atoms with E-state index in [2.05, 4.69) is 5.32 Å². The first-order valence-corrected chi connectivity index (χ1v) is 6.63. The van der Waals surface area contributed by atoms with Crippen LogP contribution in [0.25, 0.3) is 0 Å². The van der Waals surface area contributed by atoms with Crippen LogP contribution in [0.5, 0.6) is 0 Å². The number of nitrogens with two attached hydrogens (primary N) is 1. The van der Waals surface area contributed by atoms with Crippen molar-refractivity contribution in [2.24, 2.45) is 11.7 Å². The molecule has 0 saturated carbocycles. The lowest BCUT2D eigenvalue weighted by atomic mass is 10.0. The number of hydrogen-bond donors (Lipinski definition) is 2. The van der Waals surface area contributed by atoms with Gasteiger partial charge < -0.3 is 15.8 Å². The Morgan fingerprint density at radius 3 is 2.47 bits per heavy atom. The highest BCUT2D eigenvalue weighted by molar-refractivity contribution is 5.82. The summed E-state index contributed by atoms with van der Waals surface area (Å²) in [6, 6.07) is 9.26. The van der Waals surface area contributed by atoms with E-state index in [0.29, 0.717) is 18.9 Å². The summed E-state index contributed by atoms with van der Waals surface area (Å²) >= 11 is 0. The minimum absolute atomic E-state index is 0.000627. The van der Waals surface area contributed by atoms with Crippen molar-refractivity contribution in [3.8, 4) is 0 Å². The van der Waals surface area contributed by atoms with Crippen LogP contribution in [0, 0.1) is 5.92 Å². The molecule has 0 heterocycles. The summed E-state index contributed by atoms with van der Waals surface area (Å²) in [4.78, 5) is 12.0. The maximum atomic E-state index is 12.0. The quantitative estimate of drug-likeness (QED) is 0.781. The van der Waals surface area contributed by atoms with Gasteiger partial charge in [-0.05, 0) is 17.9 Å². The predicted molar refractivity (Wildman–Crippen MR) is 76.8 cm³/mol. The summed E-state index contributed by atoms with van der Waals surface area (Å²) < 4.78 is 5.11. The second kappa shape index (κ2) is 7.92. The molecule has 0 bridgehead atoms. The molecule has 0 spiro atoms. The van der Waals surface area contributed by atoms with E-state index in [0.717, 1.165) is 5.56 Å². The van der Waals surface area contributed by atoms with Gasteiger partial charge in [0.25, 0.3) is 0 Å². The Morgan fingerprint density at radius 1 is 1.32 bits per heavy atom. The maximum absolute atomic E-state index is 12.0. The lowest BCUT2D eigenvalue weighted by molar-refractivity contribution is -0.123. The van der Waals surface area contributed by atoms with Crippen molar-refractivity contribution in [2.75, 3.05) is 13.7 Å². The molecule has 2 unspecified atom stereocenters. The second-order valence-corrected chi connectivity index (χ2v) is 5.11. The Kier molecular flexibility index (Phi) is 6.53. The average Bonchev–Trinajstić information content (AvgIpc) is 2.39. The molecule has 0 fully saturated rings. The molecule has 2 atom stereocenters. The fourth-order valence-electron chi connectivity index (χ4n) is 1.83. The number of amides is 1. The van der Waals surface area contributed by atoms with Gasteiger partial charge in [-0.3, -0.25) is 4.79 Å². The maximum Gasteiger partial charge on any atom is 0.237 e. The first kappa shape index (κ1) is 15.7. The molecule has 0 aliphatic heterocycles. The van der Waals surface area contributed by atoms with Crippen molar-refractivity contribution in [3.05, 3.63) is 35.9 Å². The van der Waals surface area contributed by atoms with Gasteiger partial charge in [-0.15, -0.1) is 0 Å². The first-order chi connectivity index (χ1) is 9.04. The fraction of sp³-hybridized carbons (Fsp3) is 0.533. The van der Waals surface area contributed by atoms with Crippen molar-refractivity contribution in [2.45, 2.75) is 32.4 Å². The number of nitrogens with one attached hydrogen (secondary N) is 1. The molecule has 0 saturated heterocycles. The lowest BCUT2D eigenvalue weighted by Crippen LogP contribution is -2.49. The smallest absolute Gasteiger partial charge is 0.237 e. The molecule has 0 aliphatic rings. The Balaban J connectivity index is 2.52. The zero-order valence-corrected chi connectivity index (χ0v) is 11.9. The summed E-state index contributed by atoms with van der Waals surface area (Å²) in [5.41, 5.74) is 7.01. The Labute approximate surface area is 115 Å². The summed E-state index contributed by atoms with van der Waals surface area (Å²) in [6.45, 7) is 4.60. The summed E-state index contributed by atoms with van der Waals surface area (Å²) in [6.07, 6.45) is 0.546. The van der Waals surface area contributed by atoms with Crippen LogP contribution in [0.1, 0.15) is 19.4 Å². The van der Waals surface area contributed by atoms with Crippen molar-refractivity contribution in [1.82, 2.24) is 5.32 Å². The van der Waals surface area contributed by atoms with E-state index in [1.807, 2.05) is 44.2 Å². The normalized spacial score (nSPS) is 14.2. The average molecular weight is 264 g/mol. The first-order valence-electron chi connectivity index (χ1n) is 6.63. The second-order valence-electron chi connectivity index (χ2n) is 5.11. The van der Waals surface area contributed by atoms with Crippen molar-refractivity contribution < 1.29 is 9.53 Å². The molecule has 106 valence electrons. The zero-order valence-electron chi connectivity index (χ0n) is 11.9. The molecule has 1 amide bonds. The topological polar surface area (TPSA) is 64.3 Å². The van der Waals surface area contributed by atoms with Gasteiger partial charge in [0, 0.05) is 7.11 Å². The van der Waals surface area contributed by atoms with E-state index in [9.17, 15) is 4.79 Å². The molecule has 0 aliphatic carbocycles. The fourth-order valence-corrected chi connectivity index (χ4v) is 1.83. The van der Waals surface area contributed by atoms with Gasteiger partial charge in [0.1, 0.15) is 0 Å². The molecule has 4 heteroatoms. The Morgan fingerprint density at radius 2 is 1.95 bits per heavy atom. The number of hydrogen-bond acceptors (Lipinski definition) is 3. The molecular weight excluding hydrogens is 240 g/mol. The third-order valence-corrected chi connectivity index (χ3v) is 3.11. The van der Waals surface area contributed by atoms with E-state index in [1.165, 1.54) is 0 Å². The molecule has 4 nitrogen and oxygen atoms in total. The van der Waals surface area contributed by atoms with Gasteiger partial charge in [-0.25, -0.2) is 0 Å². The number of carbonyl (C=O) groups excluding carboxylic acids is 1. The largest absolute Gasteiger partial charge is 0.383 e. The molecule has 1 aromatic carbocycles. The number of benzene rings is 1. The monoisotopic (exact) mass is 264 g/mol. The molecule has 19 heavy (non-hydrogen) atoms. The van der Waals surface area contributed by atoms with Gasteiger partial charge in [0.2, 0.25) is 5.91 Å². The van der Waals surface area contributed by atoms with E-state index < -0.39 is 6.04 Å². The number of carbonyl (C=O) groups is 1. The van der Waals surface area contributed by atoms with Crippen LogP contribution >= 0.6 is 0 Å². The molecule has 0 radical (unpaired) electrons. The van der Waals surface area contributed by atoms with E-state index in [4.69, 9.17) is 10.5 Å². The van der Waals surface area contributed by atoms with E-state index in [1.54, 1.807) is 7.11 Å². The minimum Gasteiger partial charge on any atom is -0.383 e. The van der Waals surface area contributed by atoms with Crippen molar-refractivity contribution in [3.63, 3.8) is 0 Å². The Bertz CT molecular complexity index is 379. The standard InChI is InChI=1S/C15H24N2O2/c1-11(2)14(10-19-3)17-15(18)13(16)9-12-7-5-4-6-8-12/h4-8,11,13-14H,9-10,16H2,1-3H3,(H,17,18). The van der Waals surface area contributed by atoms with Gasteiger partial charge >= 0.3 is 0 Å². The highest BCUT2D eigenvalue weighted by Gasteiger charge is 2.20. The highest BCUT2D eigenvalue weighted by atomic mass is 16.5. The van der Waals surface area contributed by atoms with Crippen molar-refractivity contribution >= 4 is 5.91 Å². The third kappa shape index (κ3) is 5.41. The van der Waals surface area contributed by atoms with Gasteiger partial charge in [0.15, 0.2) is 0 Å². The predicted octanol–water partition coefficient (Wildman–Crippen LogP) is 1.34. The van der Waals surface area contributed by atoms with Crippen molar-refractivity contribution in [1.29, 1.82) is 0 Å².